The molecule has 0 aliphatic carbocycles. The SMILES string of the molecule is CCc1ccc(C)cc1-c1ccn(CC(C)C)n1. The molecule has 0 N–H and O–H groups in total. The minimum atomic E-state index is 0.626. The Hall–Kier alpha value is -1.57. The van der Waals surface area contributed by atoms with Crippen molar-refractivity contribution in [2.24, 2.45) is 5.92 Å². The molecule has 0 spiro atoms. The molecule has 0 radical (unpaired) electrons. The van der Waals surface area contributed by atoms with E-state index in [4.69, 9.17) is 0 Å². The standard InChI is InChI=1S/C16H22N2/c1-5-14-7-6-13(4)10-15(14)16-8-9-18(17-16)11-12(2)3/h6-10,12H,5,11H2,1-4H3. The van der Waals surface area contributed by atoms with Gasteiger partial charge in [-0.3, -0.25) is 4.68 Å². The maximum absolute atomic E-state index is 4.69. The van der Waals surface area contributed by atoms with Crippen LogP contribution in [0.15, 0.2) is 30.5 Å². The molecule has 0 aliphatic rings. The first-order chi connectivity index (χ1) is 8.60. The van der Waals surface area contributed by atoms with E-state index >= 15 is 0 Å². The maximum Gasteiger partial charge on any atom is 0.0925 e. The highest BCUT2D eigenvalue weighted by Crippen LogP contribution is 2.24. The maximum atomic E-state index is 4.69. The van der Waals surface area contributed by atoms with E-state index in [0.29, 0.717) is 5.92 Å². The van der Waals surface area contributed by atoms with Gasteiger partial charge in [0, 0.05) is 18.3 Å². The number of hydrogen-bond donors (Lipinski definition) is 0. The molecule has 18 heavy (non-hydrogen) atoms. The molecule has 96 valence electrons. The fourth-order valence-corrected chi connectivity index (χ4v) is 2.22. The van der Waals surface area contributed by atoms with Gasteiger partial charge < -0.3 is 0 Å². The second-order valence-corrected chi connectivity index (χ2v) is 5.33. The number of rotatable bonds is 4. The summed E-state index contributed by atoms with van der Waals surface area (Å²) in [5, 5.41) is 4.69. The zero-order valence-corrected chi connectivity index (χ0v) is 11.8. The Labute approximate surface area is 110 Å². The summed E-state index contributed by atoms with van der Waals surface area (Å²) < 4.78 is 2.04. The molecule has 0 unspecified atom stereocenters. The Morgan fingerprint density at radius 3 is 2.67 bits per heavy atom. The van der Waals surface area contributed by atoms with Crippen molar-refractivity contribution in [3.05, 3.63) is 41.6 Å². The summed E-state index contributed by atoms with van der Waals surface area (Å²) in [5.74, 6) is 0.626. The summed E-state index contributed by atoms with van der Waals surface area (Å²) >= 11 is 0. The first-order valence-corrected chi connectivity index (χ1v) is 6.73. The van der Waals surface area contributed by atoms with Gasteiger partial charge in [0.1, 0.15) is 0 Å². The van der Waals surface area contributed by atoms with Gasteiger partial charge in [-0.05, 0) is 37.0 Å². The van der Waals surface area contributed by atoms with Crippen LogP contribution in [0.1, 0.15) is 31.9 Å². The normalized spacial score (nSPS) is 11.2. The van der Waals surface area contributed by atoms with Crippen LogP contribution in [-0.2, 0) is 13.0 Å². The molecule has 0 aliphatic heterocycles. The van der Waals surface area contributed by atoms with Gasteiger partial charge in [0.25, 0.3) is 0 Å². The summed E-state index contributed by atoms with van der Waals surface area (Å²) in [6.45, 7) is 9.73. The number of aryl methyl sites for hydroxylation is 2. The van der Waals surface area contributed by atoms with Crippen LogP contribution in [0.3, 0.4) is 0 Å². The first-order valence-electron chi connectivity index (χ1n) is 6.73. The average molecular weight is 242 g/mol. The van der Waals surface area contributed by atoms with Gasteiger partial charge in [0.15, 0.2) is 0 Å². The van der Waals surface area contributed by atoms with Crippen molar-refractivity contribution in [1.29, 1.82) is 0 Å². The highest BCUT2D eigenvalue weighted by Gasteiger charge is 2.08. The van der Waals surface area contributed by atoms with Crippen LogP contribution in [0.5, 0.6) is 0 Å². The lowest BCUT2D eigenvalue weighted by atomic mass is 10.0. The molecule has 0 atom stereocenters. The molecule has 0 fully saturated rings. The zero-order valence-electron chi connectivity index (χ0n) is 11.8. The molecule has 0 saturated carbocycles. The van der Waals surface area contributed by atoms with Gasteiger partial charge in [0.2, 0.25) is 0 Å². The topological polar surface area (TPSA) is 17.8 Å². The Kier molecular flexibility index (Phi) is 3.85. The minimum absolute atomic E-state index is 0.626. The minimum Gasteiger partial charge on any atom is -0.272 e. The fourth-order valence-electron chi connectivity index (χ4n) is 2.22. The lowest BCUT2D eigenvalue weighted by Crippen LogP contribution is -2.04. The summed E-state index contributed by atoms with van der Waals surface area (Å²) in [5.41, 5.74) is 5.03. The highest BCUT2D eigenvalue weighted by molar-refractivity contribution is 5.64. The van der Waals surface area contributed by atoms with E-state index in [9.17, 15) is 0 Å². The van der Waals surface area contributed by atoms with Crippen LogP contribution in [0.2, 0.25) is 0 Å². The predicted molar refractivity (Wildman–Crippen MR) is 76.6 cm³/mol. The van der Waals surface area contributed by atoms with Crippen LogP contribution in [0.25, 0.3) is 11.3 Å². The van der Waals surface area contributed by atoms with Crippen molar-refractivity contribution in [2.75, 3.05) is 0 Å². The molecule has 1 heterocycles. The summed E-state index contributed by atoms with van der Waals surface area (Å²) in [7, 11) is 0. The van der Waals surface area contributed by atoms with E-state index in [1.807, 2.05) is 4.68 Å². The van der Waals surface area contributed by atoms with E-state index in [1.165, 1.54) is 16.7 Å². The van der Waals surface area contributed by atoms with Gasteiger partial charge in [-0.25, -0.2) is 0 Å². The predicted octanol–water partition coefficient (Wildman–Crippen LogP) is 4.08. The van der Waals surface area contributed by atoms with Gasteiger partial charge in [-0.1, -0.05) is 38.5 Å². The lowest BCUT2D eigenvalue weighted by Gasteiger charge is -2.07. The largest absolute Gasteiger partial charge is 0.272 e. The fraction of sp³-hybridized carbons (Fsp3) is 0.438. The second kappa shape index (κ2) is 5.38. The molecule has 2 nitrogen and oxygen atoms in total. The lowest BCUT2D eigenvalue weighted by molar-refractivity contribution is 0.484. The van der Waals surface area contributed by atoms with Crippen molar-refractivity contribution >= 4 is 0 Å². The Balaban J connectivity index is 2.36. The Morgan fingerprint density at radius 2 is 2.00 bits per heavy atom. The number of nitrogens with zero attached hydrogens (tertiary/aromatic N) is 2. The molecule has 2 aromatic rings. The van der Waals surface area contributed by atoms with E-state index in [0.717, 1.165) is 18.7 Å². The summed E-state index contributed by atoms with van der Waals surface area (Å²) in [6, 6.07) is 8.75. The summed E-state index contributed by atoms with van der Waals surface area (Å²) in [4.78, 5) is 0. The smallest absolute Gasteiger partial charge is 0.0925 e. The van der Waals surface area contributed by atoms with E-state index in [1.54, 1.807) is 0 Å². The molecule has 1 aromatic heterocycles. The Bertz CT molecular complexity index is 524. The third-order valence-electron chi connectivity index (χ3n) is 3.12. The zero-order chi connectivity index (χ0) is 13.1. The number of aromatic nitrogens is 2. The molecule has 1 aromatic carbocycles. The highest BCUT2D eigenvalue weighted by atomic mass is 15.3. The van der Waals surface area contributed by atoms with Crippen LogP contribution in [-0.4, -0.2) is 9.78 Å². The third kappa shape index (κ3) is 2.81. The molecular weight excluding hydrogens is 220 g/mol. The molecule has 2 heteroatoms. The molecule has 0 bridgehead atoms. The van der Waals surface area contributed by atoms with E-state index < -0.39 is 0 Å². The number of benzene rings is 1. The monoisotopic (exact) mass is 242 g/mol. The quantitative estimate of drug-likeness (QED) is 0.790. The van der Waals surface area contributed by atoms with Gasteiger partial charge in [-0.2, -0.15) is 5.10 Å². The van der Waals surface area contributed by atoms with Gasteiger partial charge >= 0.3 is 0 Å². The van der Waals surface area contributed by atoms with Crippen LogP contribution >= 0.6 is 0 Å². The van der Waals surface area contributed by atoms with Crippen LogP contribution in [0.4, 0.5) is 0 Å². The molecule has 2 rings (SSSR count). The Morgan fingerprint density at radius 1 is 1.22 bits per heavy atom. The molecule has 0 amide bonds. The van der Waals surface area contributed by atoms with Crippen molar-refractivity contribution in [2.45, 2.75) is 40.7 Å². The van der Waals surface area contributed by atoms with Gasteiger partial charge in [-0.15, -0.1) is 0 Å². The molecular formula is C16H22N2. The van der Waals surface area contributed by atoms with Crippen molar-refractivity contribution in [3.63, 3.8) is 0 Å². The first kappa shape index (κ1) is 12.9. The van der Waals surface area contributed by atoms with Crippen molar-refractivity contribution in [3.8, 4) is 11.3 Å². The second-order valence-electron chi connectivity index (χ2n) is 5.33. The van der Waals surface area contributed by atoms with E-state index in [-0.39, 0.29) is 0 Å². The van der Waals surface area contributed by atoms with E-state index in [2.05, 4.69) is 63.3 Å². The van der Waals surface area contributed by atoms with Crippen LogP contribution in [0, 0.1) is 12.8 Å². The summed E-state index contributed by atoms with van der Waals surface area (Å²) in [6.07, 6.45) is 3.13. The number of hydrogen-bond acceptors (Lipinski definition) is 1. The van der Waals surface area contributed by atoms with Crippen molar-refractivity contribution in [1.82, 2.24) is 9.78 Å². The average Bonchev–Trinajstić information content (AvgIpc) is 2.76. The van der Waals surface area contributed by atoms with Crippen LogP contribution < -0.4 is 0 Å². The van der Waals surface area contributed by atoms with Crippen molar-refractivity contribution < 1.29 is 0 Å². The molecule has 0 saturated heterocycles. The van der Waals surface area contributed by atoms with Gasteiger partial charge in [0.05, 0.1) is 5.69 Å². The third-order valence-corrected chi connectivity index (χ3v) is 3.12.